The van der Waals surface area contributed by atoms with Crippen molar-refractivity contribution in [3.63, 3.8) is 0 Å². The molecule has 0 aromatic heterocycles. The van der Waals surface area contributed by atoms with E-state index in [1.54, 1.807) is 0 Å². The molecule has 0 fully saturated rings. The molecule has 336 valence electrons. The van der Waals surface area contributed by atoms with E-state index < -0.39 is 15.6 Å². The van der Waals surface area contributed by atoms with Crippen LogP contribution in [-0.4, -0.2) is 31.7 Å². The van der Waals surface area contributed by atoms with Gasteiger partial charge in [0.2, 0.25) is 0 Å². The third-order valence-corrected chi connectivity index (χ3v) is 13.3. The minimum absolute atomic E-state index is 0. The van der Waals surface area contributed by atoms with Crippen LogP contribution in [0.5, 0.6) is 0 Å². The molecule has 0 saturated heterocycles. The van der Waals surface area contributed by atoms with Crippen LogP contribution >= 0.6 is 25.7 Å². The fourth-order valence-electron chi connectivity index (χ4n) is 5.24. The second kappa shape index (κ2) is 32.0. The quantitative estimate of drug-likeness (QED) is 0.0500. The van der Waals surface area contributed by atoms with Crippen LogP contribution in [0.25, 0.3) is 0 Å². The SMILES string of the molecule is CCOCC.Cc1c(C)c(C)[c-](C)c1C.O=S(=O)([O-])C(F)(F)F.[Ru+2].c1ccc(Pc2ccccc2)cc1.c1ccc(Pc2ccccc2)cc1.c1ccc(Pc2ccccc2)cc1. The maximum absolute atomic E-state index is 10.7. The molecule has 0 amide bonds. The van der Waals surface area contributed by atoms with Gasteiger partial charge in [-0.2, -0.15) is 41.0 Å². The predicted octanol–water partition coefficient (Wildman–Crippen LogP) is 11.0. The van der Waals surface area contributed by atoms with Gasteiger partial charge in [0.15, 0.2) is 10.1 Å². The van der Waals surface area contributed by atoms with Gasteiger partial charge in [-0.3, -0.25) is 0 Å². The number of rotatable bonds is 8. The second-order valence-corrected chi connectivity index (χ2v) is 19.0. The van der Waals surface area contributed by atoms with Crippen LogP contribution in [0, 0.1) is 34.6 Å². The van der Waals surface area contributed by atoms with Crippen LogP contribution in [-0.2, 0) is 34.3 Å². The first kappa shape index (κ1) is 57.3. The molecule has 0 aliphatic rings. The zero-order chi connectivity index (χ0) is 45.8. The Morgan fingerprint density at radius 2 is 0.651 bits per heavy atom. The van der Waals surface area contributed by atoms with Gasteiger partial charge in [0, 0.05) is 13.2 Å². The Balaban J connectivity index is 0.000000386. The Morgan fingerprint density at radius 1 is 0.476 bits per heavy atom. The molecule has 0 aliphatic heterocycles. The Labute approximate surface area is 392 Å². The third kappa shape index (κ3) is 24.2. The molecule has 7 rings (SSSR count). The predicted molar refractivity (Wildman–Crippen MR) is 265 cm³/mol. The molecular weight excluding hydrogens is 960 g/mol. The fourth-order valence-corrected chi connectivity index (χ4v) is 8.39. The van der Waals surface area contributed by atoms with E-state index in [4.69, 9.17) is 17.7 Å². The van der Waals surface area contributed by atoms with Gasteiger partial charge >= 0.3 is 25.0 Å². The Bertz CT molecular complexity index is 1940. The summed E-state index contributed by atoms with van der Waals surface area (Å²) in [5, 5.41) is 8.38. The fraction of sp³-hybridized carbons (Fsp3) is 0.196. The largest absolute Gasteiger partial charge is 2.00 e. The van der Waals surface area contributed by atoms with Crippen LogP contribution in [0.2, 0.25) is 0 Å². The first-order chi connectivity index (χ1) is 29.6. The van der Waals surface area contributed by atoms with Crippen molar-refractivity contribution >= 4 is 67.7 Å². The van der Waals surface area contributed by atoms with Crippen molar-refractivity contribution in [3.05, 3.63) is 210 Å². The summed E-state index contributed by atoms with van der Waals surface area (Å²) in [5.41, 5.74) is 1.69. The number of benzene rings is 6. The topological polar surface area (TPSA) is 66.4 Å². The molecule has 7 aromatic carbocycles. The zero-order valence-corrected chi connectivity index (χ0v) is 42.3. The maximum Gasteiger partial charge on any atom is 2.00 e. The Morgan fingerprint density at radius 3 is 0.746 bits per heavy atom. The van der Waals surface area contributed by atoms with Gasteiger partial charge in [0.25, 0.3) is 0 Å². The van der Waals surface area contributed by atoms with Gasteiger partial charge in [-0.25, -0.2) is 8.42 Å². The summed E-state index contributed by atoms with van der Waals surface area (Å²) in [4.78, 5) is 0. The molecule has 0 spiro atoms. The molecule has 0 unspecified atom stereocenters. The van der Waals surface area contributed by atoms with Gasteiger partial charge in [-0.05, 0) is 45.7 Å². The molecule has 0 N–H and O–H groups in total. The summed E-state index contributed by atoms with van der Waals surface area (Å²) in [6.45, 7) is 16.7. The van der Waals surface area contributed by atoms with Crippen LogP contribution in [0.1, 0.15) is 41.7 Å². The van der Waals surface area contributed by atoms with Gasteiger partial charge in [0.05, 0.1) is 0 Å². The smallest absolute Gasteiger partial charge is 0.741 e. The van der Waals surface area contributed by atoms with Crippen molar-refractivity contribution in [2.24, 2.45) is 0 Å². The molecule has 63 heavy (non-hydrogen) atoms. The second-order valence-electron chi connectivity index (χ2n) is 13.4. The van der Waals surface area contributed by atoms with E-state index in [1.165, 1.54) is 59.6 Å². The normalized spacial score (nSPS) is 10.2. The van der Waals surface area contributed by atoms with E-state index in [9.17, 15) is 13.2 Å². The summed E-state index contributed by atoms with van der Waals surface area (Å²) in [6.07, 6.45) is 0. The van der Waals surface area contributed by atoms with Crippen molar-refractivity contribution < 1.29 is 50.4 Å². The molecule has 7 aromatic rings. The van der Waals surface area contributed by atoms with Crippen molar-refractivity contribution in [1.29, 1.82) is 0 Å². The molecule has 0 bridgehead atoms. The third-order valence-electron chi connectivity index (χ3n) is 9.01. The summed E-state index contributed by atoms with van der Waals surface area (Å²) in [5.74, 6) is 0. The number of hydrogen-bond acceptors (Lipinski definition) is 4. The standard InChI is InChI=1S/3C12H11P.C10H15.C4H10O.CHF3O3S.Ru/c3*1-3-7-11(8-4-1)13-12-9-5-2-6-10-12;1-6-7(2)9(4)10(5)8(6)3;1-3-5-4-2;2-1(3,4)8(5,6)7;/h3*1-10,13H;1-5H3;3-4H2,1-2H3;(H,5,6,7);/q;;;-1;;;+2/p-1. The first-order valence-electron chi connectivity index (χ1n) is 20.0. The van der Waals surface area contributed by atoms with Crippen LogP contribution in [0.3, 0.4) is 0 Å². The first-order valence-corrected chi connectivity index (χ1v) is 24.4. The van der Waals surface area contributed by atoms with E-state index in [1.807, 2.05) is 13.8 Å². The maximum atomic E-state index is 10.7. The molecule has 4 nitrogen and oxygen atoms in total. The van der Waals surface area contributed by atoms with Crippen molar-refractivity contribution in [3.8, 4) is 0 Å². The van der Waals surface area contributed by atoms with E-state index in [-0.39, 0.29) is 19.5 Å². The van der Waals surface area contributed by atoms with Gasteiger partial charge in [0.1, 0.15) is 0 Å². The summed E-state index contributed by atoms with van der Waals surface area (Å²) in [6, 6.07) is 63.5. The molecule has 0 radical (unpaired) electrons. The van der Waals surface area contributed by atoms with Crippen LogP contribution in [0.15, 0.2) is 182 Å². The average Bonchev–Trinajstić information content (AvgIpc) is 3.44. The molecule has 0 heterocycles. The average molecular weight is 1020 g/mol. The summed E-state index contributed by atoms with van der Waals surface area (Å²) in [7, 11) is -3.76. The number of halogens is 3. The van der Waals surface area contributed by atoms with Crippen LogP contribution < -0.4 is 31.8 Å². The van der Waals surface area contributed by atoms with E-state index in [0.29, 0.717) is 0 Å². The van der Waals surface area contributed by atoms with Crippen molar-refractivity contribution in [2.75, 3.05) is 13.2 Å². The van der Waals surface area contributed by atoms with Crippen LogP contribution in [0.4, 0.5) is 13.2 Å². The molecule has 0 aliphatic carbocycles. The van der Waals surface area contributed by atoms with E-state index in [0.717, 1.165) is 39.0 Å². The molecule has 0 saturated carbocycles. The number of alkyl halides is 3. The molecular formula is C51H58F3O4P3RuS. The summed E-state index contributed by atoms with van der Waals surface area (Å²) < 4.78 is 63.7. The number of hydrogen-bond donors (Lipinski definition) is 0. The van der Waals surface area contributed by atoms with E-state index >= 15 is 0 Å². The molecule has 0 atom stereocenters. The Kier molecular flexibility index (Phi) is 29.1. The van der Waals surface area contributed by atoms with Crippen molar-refractivity contribution in [1.82, 2.24) is 0 Å². The molecule has 12 heteroatoms. The summed E-state index contributed by atoms with van der Waals surface area (Å²) >= 11 is 0. The monoisotopic (exact) mass is 1020 g/mol. The minimum Gasteiger partial charge on any atom is -0.741 e. The minimum atomic E-state index is -6.09. The number of ether oxygens (including phenoxy) is 1. The van der Waals surface area contributed by atoms with Gasteiger partial charge in [-0.15, -0.1) is 0 Å². The van der Waals surface area contributed by atoms with Crippen molar-refractivity contribution in [2.45, 2.75) is 54.0 Å². The van der Waals surface area contributed by atoms with Gasteiger partial charge < -0.3 is 9.29 Å². The zero-order valence-electron chi connectivity index (χ0n) is 36.8. The Hall–Kier alpha value is -3.76. The van der Waals surface area contributed by atoms with Gasteiger partial charge in [-0.1, -0.05) is 242 Å². The van der Waals surface area contributed by atoms with E-state index in [2.05, 4.69) is 217 Å².